The number of hydrogen-bond acceptors (Lipinski definition) is 23. The fourth-order valence-electron chi connectivity index (χ4n) is 19.3. The molecule has 6 saturated heterocycles. The number of alkyl carbamates (subject to hydrolysis) is 1. The lowest BCUT2D eigenvalue weighted by atomic mass is 9.63. The van der Waals surface area contributed by atoms with Crippen LogP contribution in [0.3, 0.4) is 0 Å². The molecule has 10 aliphatic rings. The van der Waals surface area contributed by atoms with E-state index < -0.39 is 71.3 Å². The van der Waals surface area contributed by atoms with Gasteiger partial charge in [-0.2, -0.15) is 5.10 Å². The van der Waals surface area contributed by atoms with Crippen LogP contribution in [0, 0.1) is 23.7 Å². The van der Waals surface area contributed by atoms with Crippen molar-refractivity contribution in [3.63, 3.8) is 0 Å². The number of carboxylic acids is 1. The number of nitrogens with one attached hydrogen (secondary N) is 4. The minimum absolute atomic E-state index is 0.0255. The maximum atomic E-state index is 13.7. The van der Waals surface area contributed by atoms with E-state index in [1.807, 2.05) is 88.2 Å². The zero-order valence-corrected chi connectivity index (χ0v) is 76.6. The summed E-state index contributed by atoms with van der Waals surface area (Å²) in [6.07, 6.45) is 13.1. The van der Waals surface area contributed by atoms with Crippen molar-refractivity contribution in [1.29, 1.82) is 0 Å². The SMILES string of the molecule is CC(C)(C)OC(=O)NCCCC(=O)N1CCC(Cc2cccc3c2C(=O)N(C24CC(C2)C(=O)NC4=O)C3=O)CC1.COc1cc(-c2cn(C)c(=O)c3c2ccn3C)cc(OC)c1CN(C)CC(=O)NCCCC(=O)N1CCC(Cc2cccc3c2C(=O)N(C24CC(C2)C(=O)NC4=O)C3=O)CC1.COc1cc(-c2cn(C)c(=O)c3c2cnn3C)cc(OC)c1CN(C)CC(=O)O.[2H]CF. The number of aryl methyl sites for hydroxylation is 4. The fraction of sp³-hybridized carbons (Fsp3) is 0.474. The predicted octanol–water partition coefficient (Wildman–Crippen LogP) is 7.00. The van der Waals surface area contributed by atoms with Crippen LogP contribution in [0.25, 0.3) is 44.1 Å². The Morgan fingerprint density at radius 1 is 0.561 bits per heavy atom. The van der Waals surface area contributed by atoms with Gasteiger partial charge in [-0.15, -0.1) is 0 Å². The van der Waals surface area contributed by atoms with E-state index in [0.717, 1.165) is 90.8 Å². The van der Waals surface area contributed by atoms with Crippen molar-refractivity contribution in [3.05, 3.63) is 157 Å². The number of nitrogens with zero attached hydrogens (tertiary/aromatic N) is 11. The van der Waals surface area contributed by atoms with E-state index in [1.54, 1.807) is 128 Å². The molecule has 5 N–H and O–H groups in total. The number of ether oxygens (including phenoxy) is 5. The molecule has 0 radical (unpaired) electrons. The second-order valence-electron chi connectivity index (χ2n) is 36.1. The molecule has 0 unspecified atom stereocenters. The van der Waals surface area contributed by atoms with Crippen LogP contribution in [-0.2, 0) is 97.2 Å². The van der Waals surface area contributed by atoms with Gasteiger partial charge in [0.25, 0.3) is 46.6 Å². The Kier molecular flexibility index (Phi) is 28.5. The van der Waals surface area contributed by atoms with Crippen LogP contribution in [-0.4, -0.2) is 254 Å². The van der Waals surface area contributed by atoms with E-state index >= 15 is 0 Å². The fourth-order valence-corrected chi connectivity index (χ4v) is 19.3. The van der Waals surface area contributed by atoms with Gasteiger partial charge in [-0.05, 0) is 188 Å². The zero-order chi connectivity index (χ0) is 96.1. The lowest BCUT2D eigenvalue weighted by Crippen LogP contribution is -2.74. The lowest BCUT2D eigenvalue weighted by Gasteiger charge is -2.52. The molecule has 12 heterocycles. The summed E-state index contributed by atoms with van der Waals surface area (Å²) in [6, 6.07) is 19.9. The predicted molar refractivity (Wildman–Crippen MR) is 481 cm³/mol. The average molecular weight is 1820 g/mol. The van der Waals surface area contributed by atoms with Gasteiger partial charge in [-0.3, -0.25) is 106 Å². The van der Waals surface area contributed by atoms with Crippen LogP contribution in [0.15, 0.2) is 101 Å². The van der Waals surface area contributed by atoms with Gasteiger partial charge in [0.2, 0.25) is 29.5 Å². The summed E-state index contributed by atoms with van der Waals surface area (Å²) in [7, 11) is 15.8. The van der Waals surface area contributed by atoms with Gasteiger partial charge in [0.1, 0.15) is 50.7 Å². The van der Waals surface area contributed by atoms with Gasteiger partial charge < -0.3 is 62.9 Å². The third kappa shape index (κ3) is 19.4. The average Bonchev–Trinajstić information content (AvgIpc) is 1.61. The number of imide groups is 4. The van der Waals surface area contributed by atoms with Gasteiger partial charge in [0, 0.05) is 146 Å². The minimum Gasteiger partial charge on any atom is -0.496 e. The number of methoxy groups -OCH3 is 4. The Bertz CT molecular complexity index is 6030. The molecule has 36 nitrogen and oxygen atoms in total. The number of aliphatic carboxylic acids is 1. The van der Waals surface area contributed by atoms with Crippen LogP contribution < -0.4 is 51.3 Å². The highest BCUT2D eigenvalue weighted by molar-refractivity contribution is 6.27. The van der Waals surface area contributed by atoms with Crippen molar-refractivity contribution in [3.8, 4) is 45.3 Å². The number of likely N-dealkylation sites (N-methyl/N-ethyl adjacent to an activating group) is 2. The van der Waals surface area contributed by atoms with Crippen molar-refractivity contribution in [2.75, 3.05) is 102 Å². The Hall–Kier alpha value is -13.5. The maximum Gasteiger partial charge on any atom is 0.407 e. The first-order valence-electron chi connectivity index (χ1n) is 44.6. The first kappa shape index (κ1) is 94.7. The van der Waals surface area contributed by atoms with E-state index in [0.29, 0.717) is 142 Å². The summed E-state index contributed by atoms with van der Waals surface area (Å²) in [6.45, 7) is 9.16. The number of benzene rings is 4. The number of carbonyl (C=O) groups excluding carboxylic acids is 12. The number of amides is 12. The van der Waals surface area contributed by atoms with Crippen molar-refractivity contribution >= 4 is 98.8 Å². The van der Waals surface area contributed by atoms with Gasteiger partial charge in [0.05, 0.1) is 89.6 Å². The molecule has 0 atom stereocenters. The van der Waals surface area contributed by atoms with Crippen molar-refractivity contribution in [2.24, 2.45) is 51.9 Å². The molecule has 4 aromatic carbocycles. The molecule has 8 aliphatic heterocycles. The second kappa shape index (κ2) is 39.7. The summed E-state index contributed by atoms with van der Waals surface area (Å²) < 4.78 is 49.9. The second-order valence-corrected chi connectivity index (χ2v) is 36.1. The van der Waals surface area contributed by atoms with Crippen LogP contribution in [0.2, 0.25) is 0 Å². The number of rotatable bonds is 28. The summed E-state index contributed by atoms with van der Waals surface area (Å²) >= 11 is 0. The number of likely N-dealkylation sites (tertiary alicyclic amines) is 2. The molecular formula is C95H114FN15O21. The molecule has 8 aromatic rings. The molecule has 132 heavy (non-hydrogen) atoms. The number of carbonyl (C=O) groups is 13. The highest BCUT2D eigenvalue weighted by atomic mass is 19.1. The Balaban J connectivity index is 0.000000179. The zero-order valence-electron chi connectivity index (χ0n) is 77.6. The quantitative estimate of drug-likeness (QED) is 0.0243. The molecule has 8 fully saturated rings. The largest absolute Gasteiger partial charge is 0.496 e. The maximum absolute atomic E-state index is 13.7. The third-order valence-corrected chi connectivity index (χ3v) is 26.1. The molecule has 37 heteroatoms. The first-order chi connectivity index (χ1) is 63.3. The highest BCUT2D eigenvalue weighted by Crippen LogP contribution is 2.52. The van der Waals surface area contributed by atoms with Gasteiger partial charge in [-0.25, -0.2) is 4.79 Å². The number of fused-ring (bicyclic) bond motifs is 8. The number of carboxylic acid groups (broad SMARTS) is 1. The molecular weight excluding hydrogens is 1710 g/mol. The van der Waals surface area contributed by atoms with Gasteiger partial charge >= 0.3 is 12.1 Å². The normalized spacial score (nSPS) is 19.2. The minimum atomic E-state index is -1.31. The summed E-state index contributed by atoms with van der Waals surface area (Å²) in [5, 5.41) is 25.0. The number of piperidine rings is 6. The third-order valence-electron chi connectivity index (χ3n) is 26.1. The van der Waals surface area contributed by atoms with E-state index in [4.69, 9.17) is 30.2 Å². The van der Waals surface area contributed by atoms with Crippen LogP contribution in [0.4, 0.5) is 9.18 Å². The topological polar surface area (TPSA) is 423 Å². The Morgan fingerprint density at radius 3 is 1.38 bits per heavy atom. The molecule has 702 valence electrons. The monoisotopic (exact) mass is 1820 g/mol. The van der Waals surface area contributed by atoms with Gasteiger partial charge in [0.15, 0.2) is 0 Å². The Morgan fingerprint density at radius 2 is 0.970 bits per heavy atom. The number of hydrogen-bond donors (Lipinski definition) is 5. The summed E-state index contributed by atoms with van der Waals surface area (Å²) in [4.78, 5) is 200. The van der Waals surface area contributed by atoms with E-state index in [2.05, 4.69) is 26.4 Å². The molecule has 2 aliphatic carbocycles. The van der Waals surface area contributed by atoms with Crippen molar-refractivity contribution in [2.45, 2.75) is 140 Å². The number of halogens is 1. The van der Waals surface area contributed by atoms with Crippen molar-refractivity contribution in [1.82, 2.24) is 74.1 Å². The first-order valence-corrected chi connectivity index (χ1v) is 43.9. The van der Waals surface area contributed by atoms with E-state index in [-0.39, 0.29) is 109 Å². The Labute approximate surface area is 762 Å². The van der Waals surface area contributed by atoms with Crippen LogP contribution in [0.1, 0.15) is 163 Å². The highest BCUT2D eigenvalue weighted by Gasteiger charge is 2.67. The smallest absolute Gasteiger partial charge is 0.407 e. The molecule has 12 amide bonds. The molecule has 4 bridgehead atoms. The van der Waals surface area contributed by atoms with E-state index in [1.165, 1.54) is 4.57 Å². The standard InChI is InChI=1S/C45H51N7O9.C29H36N4O7.C20H24N4O5.CH3F/c1-48(23-33-34(60-4)19-28(20-35(33)61-5)32-24-50(3)43(58)39-30(32)13-15-49(39)2)25-36(53)46-14-7-10-37(54)51-16-11-26(12-17-51)18-27-8-6-9-31-38(27)42(57)52(41(31)56)45-21-29(22-45)40(55)47-44(45)59;1-28(2,3)40-27(39)30-11-5-8-21(34)32-12-9-17(10-13-32)14-18-6-4-7-20-22(18)25(37)33(24(20)36)29-15-19(16-29)23(35)31-26(29)38;1-22(11-18(25)26)9-15-16(28-4)6-12(7-17(15)29-5)14-10-23(2)20(27)19-13(14)8-21-24(19)3;1-2/h6,8-9,13,15,19-20,24,26,29H,7,10-12,14,16-18,21-23,25H2,1-5H3,(H,46,53)(H,47,55,59);4,6-7,17,19H,5,8-16H2,1-3H3,(H,30,39)(H,31,35,38);6-8,10H,9,11H2,1-5H3,(H,25,26);1H3/i;;;1D. The number of alkyl halides is 1. The van der Waals surface area contributed by atoms with Gasteiger partial charge in [-0.1, -0.05) is 24.3 Å². The van der Waals surface area contributed by atoms with Crippen molar-refractivity contribution < 1.29 is 96.9 Å². The summed E-state index contributed by atoms with van der Waals surface area (Å²) in [5.74, 6) is -2.76. The lowest BCUT2D eigenvalue weighted by molar-refractivity contribution is -0.159. The number of aromatic nitrogens is 5. The van der Waals surface area contributed by atoms with E-state index in [9.17, 15) is 76.3 Å². The molecule has 4 aromatic heterocycles. The molecule has 0 spiro atoms. The summed E-state index contributed by atoms with van der Waals surface area (Å²) in [5.41, 5.74) is 5.37. The molecule has 18 rings (SSSR count). The molecule has 2 saturated carbocycles. The van der Waals surface area contributed by atoms with Crippen LogP contribution >= 0.6 is 0 Å². The van der Waals surface area contributed by atoms with Crippen LogP contribution in [0.5, 0.6) is 23.0 Å². The number of pyridine rings is 2.